The van der Waals surface area contributed by atoms with Crippen LogP contribution in [0.3, 0.4) is 0 Å². The molecule has 2 N–H and O–H groups in total. The van der Waals surface area contributed by atoms with Crippen molar-refractivity contribution >= 4 is 11.2 Å². The minimum absolute atomic E-state index is 0.600. The van der Waals surface area contributed by atoms with Crippen LogP contribution in [0.2, 0.25) is 0 Å². The summed E-state index contributed by atoms with van der Waals surface area (Å²) in [6.45, 7) is 0. The van der Waals surface area contributed by atoms with Gasteiger partial charge in [-0.2, -0.15) is 0 Å². The summed E-state index contributed by atoms with van der Waals surface area (Å²) in [5.41, 5.74) is 1.31. The Hall–Kier alpha value is -1.65. The van der Waals surface area contributed by atoms with Crippen molar-refractivity contribution in [3.63, 3.8) is 0 Å². The Kier molecular flexibility index (Phi) is 0.858. The molecule has 50 valence electrons. The molecule has 2 heterocycles. The topological polar surface area (TPSA) is 69.6 Å². The molecule has 0 amide bonds. The summed E-state index contributed by atoms with van der Waals surface area (Å²) in [5, 5.41) is 7.32. The Balaban J connectivity index is 2.93. The van der Waals surface area contributed by atoms with Crippen molar-refractivity contribution < 1.29 is 0 Å². The van der Waals surface area contributed by atoms with Crippen molar-refractivity contribution in [1.82, 2.24) is 20.1 Å². The number of nitrogens with zero attached hydrogens (tertiary/aromatic N) is 4. The van der Waals surface area contributed by atoms with Gasteiger partial charge >= 0.3 is 0 Å². The fourth-order valence-electron chi connectivity index (χ4n) is 0.782. The summed E-state index contributed by atoms with van der Waals surface area (Å²) in [6, 6.07) is 3.59. The fraction of sp³-hybridized carbons (Fsp3) is 0. The van der Waals surface area contributed by atoms with Crippen LogP contribution in [0.4, 0.5) is 0 Å². The first kappa shape index (κ1) is 5.16. The van der Waals surface area contributed by atoms with Gasteiger partial charge in [0.2, 0.25) is 5.65 Å². The number of fused-ring (bicyclic) bond motifs is 1. The lowest BCUT2D eigenvalue weighted by molar-refractivity contribution is 0.780. The molecule has 2 aromatic rings. The van der Waals surface area contributed by atoms with E-state index in [0.717, 1.165) is 4.79 Å². The molecule has 0 aliphatic rings. The summed E-state index contributed by atoms with van der Waals surface area (Å²) in [7, 11) is 0. The summed E-state index contributed by atoms with van der Waals surface area (Å²) >= 11 is 0. The molecule has 0 saturated heterocycles. The molecule has 5 heteroatoms. The van der Waals surface area contributed by atoms with E-state index in [1.54, 1.807) is 18.3 Å². The van der Waals surface area contributed by atoms with Crippen LogP contribution >= 0.6 is 0 Å². The molecule has 2 rings (SSSR count). The third-order valence-electron chi connectivity index (χ3n) is 1.23. The Morgan fingerprint density at radius 2 is 2.40 bits per heavy atom. The maximum Gasteiger partial charge on any atom is 0.201 e. The second-order valence-electron chi connectivity index (χ2n) is 1.88. The van der Waals surface area contributed by atoms with E-state index in [4.69, 9.17) is 5.84 Å². The van der Waals surface area contributed by atoms with E-state index in [9.17, 15) is 0 Å². The highest BCUT2D eigenvalue weighted by molar-refractivity contribution is 5.68. The van der Waals surface area contributed by atoms with Crippen molar-refractivity contribution in [2.75, 3.05) is 5.84 Å². The molecular weight excluding hydrogens is 130 g/mol. The van der Waals surface area contributed by atoms with Crippen molar-refractivity contribution in [1.29, 1.82) is 0 Å². The third-order valence-corrected chi connectivity index (χ3v) is 1.23. The van der Waals surface area contributed by atoms with Crippen molar-refractivity contribution in [2.45, 2.75) is 0 Å². The molecule has 2 aromatic heterocycles. The third kappa shape index (κ3) is 0.540. The van der Waals surface area contributed by atoms with Crippen molar-refractivity contribution in [3.05, 3.63) is 18.3 Å². The number of nitrogen functional groups attached to an aromatic ring is 1. The number of aromatic nitrogens is 4. The zero-order valence-corrected chi connectivity index (χ0v) is 5.10. The van der Waals surface area contributed by atoms with Crippen molar-refractivity contribution in [3.8, 4) is 0 Å². The van der Waals surface area contributed by atoms with Gasteiger partial charge in [-0.05, 0) is 17.3 Å². The van der Waals surface area contributed by atoms with E-state index < -0.39 is 0 Å². The van der Waals surface area contributed by atoms with E-state index in [2.05, 4.69) is 15.3 Å². The maximum absolute atomic E-state index is 5.36. The average Bonchev–Trinajstić information content (AvgIpc) is 2.34. The number of hydrogen-bond acceptors (Lipinski definition) is 4. The van der Waals surface area contributed by atoms with Gasteiger partial charge in [0, 0.05) is 6.20 Å². The largest absolute Gasteiger partial charge is 0.320 e. The minimum atomic E-state index is 0.600. The van der Waals surface area contributed by atoms with Crippen LogP contribution in [-0.2, 0) is 0 Å². The van der Waals surface area contributed by atoms with Crippen LogP contribution in [0.1, 0.15) is 0 Å². The summed E-state index contributed by atoms with van der Waals surface area (Å²) in [6.07, 6.45) is 1.65. The van der Waals surface area contributed by atoms with Gasteiger partial charge in [0.1, 0.15) is 5.52 Å². The van der Waals surface area contributed by atoms with Crippen LogP contribution in [0.25, 0.3) is 11.2 Å². The summed E-state index contributed by atoms with van der Waals surface area (Å²) in [5.74, 6) is 5.36. The van der Waals surface area contributed by atoms with Gasteiger partial charge in [-0.3, -0.25) is 0 Å². The lowest BCUT2D eigenvalue weighted by Crippen LogP contribution is -2.10. The first-order chi connectivity index (χ1) is 4.88. The highest BCUT2D eigenvalue weighted by Gasteiger charge is 1.98. The highest BCUT2D eigenvalue weighted by atomic mass is 15.6. The minimum Gasteiger partial charge on any atom is -0.320 e. The SMILES string of the molecule is Nn1nnc2cccnc21. The molecule has 0 aliphatic heterocycles. The Morgan fingerprint density at radius 3 is 3.20 bits per heavy atom. The van der Waals surface area contributed by atoms with Crippen LogP contribution in [-0.4, -0.2) is 20.1 Å². The molecule has 0 bridgehead atoms. The van der Waals surface area contributed by atoms with Crippen LogP contribution < -0.4 is 5.84 Å². The highest BCUT2D eigenvalue weighted by Crippen LogP contribution is 2.01. The van der Waals surface area contributed by atoms with E-state index >= 15 is 0 Å². The predicted octanol–water partition coefficient (Wildman–Crippen LogP) is -0.460. The predicted molar refractivity (Wildman–Crippen MR) is 35.5 cm³/mol. The van der Waals surface area contributed by atoms with E-state index in [0.29, 0.717) is 11.2 Å². The molecule has 0 aliphatic carbocycles. The number of hydrogen-bond donors (Lipinski definition) is 1. The zero-order valence-electron chi connectivity index (χ0n) is 5.10. The molecule has 0 saturated carbocycles. The molecule has 5 nitrogen and oxygen atoms in total. The molecule has 0 aromatic carbocycles. The Bertz CT molecular complexity index is 352. The second-order valence-corrected chi connectivity index (χ2v) is 1.88. The molecule has 10 heavy (non-hydrogen) atoms. The van der Waals surface area contributed by atoms with E-state index in [1.165, 1.54) is 0 Å². The van der Waals surface area contributed by atoms with Gasteiger partial charge in [-0.15, -0.1) is 9.89 Å². The van der Waals surface area contributed by atoms with Crippen LogP contribution in [0.15, 0.2) is 18.3 Å². The molecule has 0 spiro atoms. The second kappa shape index (κ2) is 1.66. The summed E-state index contributed by atoms with van der Waals surface area (Å²) in [4.78, 5) is 5.10. The van der Waals surface area contributed by atoms with Gasteiger partial charge < -0.3 is 5.84 Å². The maximum atomic E-state index is 5.36. The molecule has 0 fully saturated rings. The lowest BCUT2D eigenvalue weighted by Gasteiger charge is -1.86. The summed E-state index contributed by atoms with van der Waals surface area (Å²) < 4.78 is 0. The quantitative estimate of drug-likeness (QED) is 0.496. The molecule has 0 radical (unpaired) electrons. The van der Waals surface area contributed by atoms with E-state index in [1.807, 2.05) is 0 Å². The average molecular weight is 135 g/mol. The molecular formula is C5H5N5. The molecule has 0 unspecified atom stereocenters. The number of nitrogens with two attached hydrogens (primary N) is 1. The van der Waals surface area contributed by atoms with Gasteiger partial charge in [0.15, 0.2) is 0 Å². The zero-order chi connectivity index (χ0) is 6.97. The standard InChI is InChI=1S/C5H5N5/c6-10-5-4(8-9-10)2-1-3-7-5/h1-3H,6H2. The van der Waals surface area contributed by atoms with E-state index in [-0.39, 0.29) is 0 Å². The first-order valence-corrected chi connectivity index (χ1v) is 2.79. The van der Waals surface area contributed by atoms with Crippen molar-refractivity contribution in [2.24, 2.45) is 0 Å². The van der Waals surface area contributed by atoms with Crippen LogP contribution in [0.5, 0.6) is 0 Å². The lowest BCUT2D eigenvalue weighted by atomic mass is 10.4. The van der Waals surface area contributed by atoms with Gasteiger partial charge in [0.05, 0.1) is 0 Å². The number of rotatable bonds is 0. The fourth-order valence-corrected chi connectivity index (χ4v) is 0.782. The Morgan fingerprint density at radius 1 is 1.50 bits per heavy atom. The van der Waals surface area contributed by atoms with Crippen LogP contribution in [0, 0.1) is 0 Å². The smallest absolute Gasteiger partial charge is 0.201 e. The Labute approximate surface area is 56.4 Å². The normalized spacial score (nSPS) is 10.4. The monoisotopic (exact) mass is 135 g/mol. The van der Waals surface area contributed by atoms with Gasteiger partial charge in [-0.25, -0.2) is 4.98 Å². The number of pyridine rings is 1. The van der Waals surface area contributed by atoms with Gasteiger partial charge in [-0.1, -0.05) is 0 Å². The first-order valence-electron chi connectivity index (χ1n) is 2.79. The molecule has 0 atom stereocenters. The van der Waals surface area contributed by atoms with Gasteiger partial charge in [0.25, 0.3) is 0 Å².